The van der Waals surface area contributed by atoms with Gasteiger partial charge in [0.2, 0.25) is 10.0 Å². The Hall–Kier alpha value is -1.27. The monoisotopic (exact) mass is 272 g/mol. The van der Waals surface area contributed by atoms with Gasteiger partial charge in [0.1, 0.15) is 5.75 Å². The van der Waals surface area contributed by atoms with Gasteiger partial charge in [0.25, 0.3) is 0 Å². The van der Waals surface area contributed by atoms with Gasteiger partial charge in [-0.2, -0.15) is 0 Å². The number of rotatable bonds is 5. The van der Waals surface area contributed by atoms with E-state index in [0.29, 0.717) is 12.2 Å². The molecule has 0 aliphatic carbocycles. The third kappa shape index (κ3) is 2.76. The molecule has 1 unspecified atom stereocenters. The van der Waals surface area contributed by atoms with Gasteiger partial charge in [-0.25, -0.2) is 8.42 Å². The average molecular weight is 272 g/mol. The van der Waals surface area contributed by atoms with Gasteiger partial charge in [0.15, 0.2) is 0 Å². The highest BCUT2D eigenvalue weighted by Crippen LogP contribution is 2.28. The minimum Gasteiger partial charge on any atom is -0.508 e. The Morgan fingerprint density at radius 3 is 2.56 bits per heavy atom. The van der Waals surface area contributed by atoms with Crippen molar-refractivity contribution in [3.05, 3.63) is 23.8 Å². The van der Waals surface area contributed by atoms with E-state index in [1.165, 1.54) is 16.4 Å². The van der Waals surface area contributed by atoms with Crippen molar-refractivity contribution in [3.63, 3.8) is 0 Å². The highest BCUT2D eigenvalue weighted by molar-refractivity contribution is 7.93. The number of nitrogens with zero attached hydrogens (tertiary/aromatic N) is 1. The maximum Gasteiger partial charge on any atom is 0.239 e. The Labute approximate surface area is 108 Å². The van der Waals surface area contributed by atoms with Crippen LogP contribution in [0.4, 0.5) is 5.69 Å². The first-order valence-electron chi connectivity index (χ1n) is 5.85. The van der Waals surface area contributed by atoms with E-state index in [-0.39, 0.29) is 12.3 Å². The summed E-state index contributed by atoms with van der Waals surface area (Å²) in [5.41, 5.74) is 6.73. The van der Waals surface area contributed by atoms with Crippen LogP contribution in [0.1, 0.15) is 19.4 Å². The normalized spacial score (nSPS) is 13.3. The Morgan fingerprint density at radius 2 is 2.06 bits per heavy atom. The first kappa shape index (κ1) is 14.8. The zero-order valence-corrected chi connectivity index (χ0v) is 11.7. The minimum absolute atomic E-state index is 0.0460. The molecule has 3 N–H and O–H groups in total. The smallest absolute Gasteiger partial charge is 0.239 e. The maximum absolute atomic E-state index is 12.3. The quantitative estimate of drug-likeness (QED) is 0.843. The first-order chi connectivity index (χ1) is 8.34. The van der Waals surface area contributed by atoms with Crippen LogP contribution in [0, 0.1) is 6.92 Å². The predicted molar refractivity (Wildman–Crippen MR) is 73.3 cm³/mol. The summed E-state index contributed by atoms with van der Waals surface area (Å²) in [6, 6.07) is 4.68. The predicted octanol–water partition coefficient (Wildman–Crippen LogP) is 1.20. The van der Waals surface area contributed by atoms with Crippen LogP contribution in [0.15, 0.2) is 18.2 Å². The van der Waals surface area contributed by atoms with Crippen LogP contribution in [-0.4, -0.2) is 31.9 Å². The highest BCUT2D eigenvalue weighted by Gasteiger charge is 2.28. The lowest BCUT2D eigenvalue weighted by molar-refractivity contribution is 0.475. The molecule has 0 heterocycles. The number of hydrogen-bond acceptors (Lipinski definition) is 4. The molecule has 0 saturated heterocycles. The zero-order valence-electron chi connectivity index (χ0n) is 10.9. The number of aryl methyl sites for hydroxylation is 1. The molecule has 1 aromatic carbocycles. The van der Waals surface area contributed by atoms with Crippen molar-refractivity contribution in [2.75, 3.05) is 17.4 Å². The number of phenolic OH excluding ortho intramolecular Hbond substituents is 1. The van der Waals surface area contributed by atoms with E-state index in [9.17, 15) is 13.5 Å². The standard InChI is InChI=1S/C12H20N2O3S/c1-4-14(18(16,17)10(3)8-13)12-7-11(15)6-5-9(12)2/h5-7,10,15H,4,8,13H2,1-3H3. The summed E-state index contributed by atoms with van der Waals surface area (Å²) in [7, 11) is -3.50. The number of phenols is 1. The summed E-state index contributed by atoms with van der Waals surface area (Å²) >= 11 is 0. The number of aromatic hydroxyl groups is 1. The van der Waals surface area contributed by atoms with Crippen LogP contribution in [0.25, 0.3) is 0 Å². The van der Waals surface area contributed by atoms with Crippen molar-refractivity contribution in [2.45, 2.75) is 26.0 Å². The van der Waals surface area contributed by atoms with Gasteiger partial charge < -0.3 is 10.8 Å². The van der Waals surface area contributed by atoms with Gasteiger partial charge >= 0.3 is 0 Å². The van der Waals surface area contributed by atoms with Crippen LogP contribution in [-0.2, 0) is 10.0 Å². The molecule has 1 aromatic rings. The number of sulfonamides is 1. The lowest BCUT2D eigenvalue weighted by Gasteiger charge is -2.27. The fourth-order valence-electron chi connectivity index (χ4n) is 1.69. The number of benzene rings is 1. The Balaban J connectivity index is 3.30. The maximum atomic E-state index is 12.3. The number of nitrogens with two attached hydrogens (primary N) is 1. The molecule has 0 spiro atoms. The molecule has 1 atom stereocenters. The largest absolute Gasteiger partial charge is 0.508 e. The third-order valence-corrected chi connectivity index (χ3v) is 5.17. The van der Waals surface area contributed by atoms with E-state index in [1.807, 2.05) is 0 Å². The fraction of sp³-hybridized carbons (Fsp3) is 0.500. The van der Waals surface area contributed by atoms with Crippen LogP contribution in [0.3, 0.4) is 0 Å². The highest BCUT2D eigenvalue weighted by atomic mass is 32.2. The third-order valence-electron chi connectivity index (χ3n) is 2.90. The second-order valence-corrected chi connectivity index (χ2v) is 6.50. The lowest BCUT2D eigenvalue weighted by atomic mass is 10.2. The van der Waals surface area contributed by atoms with Gasteiger partial charge in [-0.1, -0.05) is 6.07 Å². The van der Waals surface area contributed by atoms with Gasteiger partial charge in [0.05, 0.1) is 10.9 Å². The first-order valence-corrected chi connectivity index (χ1v) is 7.36. The van der Waals surface area contributed by atoms with Crippen molar-refractivity contribution < 1.29 is 13.5 Å². The Morgan fingerprint density at radius 1 is 1.44 bits per heavy atom. The van der Waals surface area contributed by atoms with Gasteiger partial charge in [-0.3, -0.25) is 4.31 Å². The number of anilines is 1. The van der Waals surface area contributed by atoms with Crippen LogP contribution < -0.4 is 10.0 Å². The summed E-state index contributed by atoms with van der Waals surface area (Å²) < 4.78 is 25.9. The molecule has 0 aliphatic heterocycles. The van der Waals surface area contributed by atoms with E-state index in [0.717, 1.165) is 5.56 Å². The molecule has 0 fully saturated rings. The molecular formula is C12H20N2O3S. The molecule has 0 aromatic heterocycles. The molecule has 0 aliphatic rings. The zero-order chi connectivity index (χ0) is 13.9. The Bertz CT molecular complexity index is 514. The average Bonchev–Trinajstić information content (AvgIpc) is 2.33. The second-order valence-electron chi connectivity index (χ2n) is 4.23. The summed E-state index contributed by atoms with van der Waals surface area (Å²) in [6.45, 7) is 5.51. The van der Waals surface area contributed by atoms with E-state index in [1.54, 1.807) is 26.8 Å². The SMILES string of the molecule is CCN(c1cc(O)ccc1C)S(=O)(=O)C(C)CN. The second kappa shape index (κ2) is 5.58. The van der Waals surface area contributed by atoms with Crippen molar-refractivity contribution >= 4 is 15.7 Å². The molecule has 1 rings (SSSR count). The van der Waals surface area contributed by atoms with Gasteiger partial charge in [-0.05, 0) is 32.4 Å². The lowest BCUT2D eigenvalue weighted by Crippen LogP contribution is -2.41. The van der Waals surface area contributed by atoms with Gasteiger partial charge in [0, 0.05) is 19.2 Å². The topological polar surface area (TPSA) is 83.6 Å². The van der Waals surface area contributed by atoms with Crippen molar-refractivity contribution in [1.82, 2.24) is 0 Å². The van der Waals surface area contributed by atoms with Crippen LogP contribution in [0.5, 0.6) is 5.75 Å². The molecule has 102 valence electrons. The molecule has 18 heavy (non-hydrogen) atoms. The van der Waals surface area contributed by atoms with Crippen LogP contribution in [0.2, 0.25) is 0 Å². The molecule has 6 heteroatoms. The van der Waals surface area contributed by atoms with Crippen LogP contribution >= 0.6 is 0 Å². The summed E-state index contributed by atoms with van der Waals surface area (Å²) in [6.07, 6.45) is 0. The molecular weight excluding hydrogens is 252 g/mol. The summed E-state index contributed by atoms with van der Waals surface area (Å²) in [5, 5.41) is 8.84. The summed E-state index contributed by atoms with van der Waals surface area (Å²) in [4.78, 5) is 0. The molecule has 0 saturated carbocycles. The van der Waals surface area contributed by atoms with Crippen molar-refractivity contribution in [1.29, 1.82) is 0 Å². The fourth-order valence-corrected chi connectivity index (χ4v) is 3.20. The van der Waals surface area contributed by atoms with Crippen molar-refractivity contribution in [3.8, 4) is 5.75 Å². The van der Waals surface area contributed by atoms with E-state index < -0.39 is 15.3 Å². The molecule has 0 amide bonds. The molecule has 0 bridgehead atoms. The van der Waals surface area contributed by atoms with Gasteiger partial charge in [-0.15, -0.1) is 0 Å². The Kier molecular flexibility index (Phi) is 4.59. The number of hydrogen-bond donors (Lipinski definition) is 2. The minimum atomic E-state index is -3.50. The summed E-state index contributed by atoms with van der Waals surface area (Å²) in [5.74, 6) is 0.0460. The van der Waals surface area contributed by atoms with E-state index in [4.69, 9.17) is 5.73 Å². The molecule has 5 nitrogen and oxygen atoms in total. The molecule has 0 radical (unpaired) electrons. The van der Waals surface area contributed by atoms with Crippen molar-refractivity contribution in [2.24, 2.45) is 5.73 Å². The van der Waals surface area contributed by atoms with E-state index in [2.05, 4.69) is 0 Å². The van der Waals surface area contributed by atoms with E-state index >= 15 is 0 Å².